The van der Waals surface area contributed by atoms with Crippen LogP contribution in [0.3, 0.4) is 0 Å². The van der Waals surface area contributed by atoms with E-state index in [2.05, 4.69) is 0 Å². The summed E-state index contributed by atoms with van der Waals surface area (Å²) in [5.41, 5.74) is -0.619. The largest absolute Gasteiger partial charge is 0.203 e. The maximum atomic E-state index is 13.6. The lowest BCUT2D eigenvalue weighted by Crippen LogP contribution is -2.04. The van der Waals surface area contributed by atoms with Crippen LogP contribution in [0, 0.1) is 36.0 Å². The SMILES string of the molecule is Cc1cc(Cl)cc(-c2c(F)c(F)c(F)c(F)c2F)c1. The third-order valence-electron chi connectivity index (χ3n) is 2.54. The molecule has 0 bridgehead atoms. The molecule has 0 nitrogen and oxygen atoms in total. The molecular formula is C13H6ClF5. The summed E-state index contributed by atoms with van der Waals surface area (Å²) in [4.78, 5) is 0. The van der Waals surface area contributed by atoms with E-state index in [0.717, 1.165) is 6.07 Å². The number of aryl methyl sites for hydroxylation is 1. The molecule has 0 saturated heterocycles. The number of benzene rings is 2. The van der Waals surface area contributed by atoms with Gasteiger partial charge in [0.15, 0.2) is 23.3 Å². The predicted octanol–water partition coefficient (Wildman–Crippen LogP) is 5.01. The van der Waals surface area contributed by atoms with E-state index in [4.69, 9.17) is 11.6 Å². The van der Waals surface area contributed by atoms with Crippen LogP contribution in [0.4, 0.5) is 22.0 Å². The van der Waals surface area contributed by atoms with Crippen molar-refractivity contribution in [2.45, 2.75) is 6.92 Å². The third-order valence-corrected chi connectivity index (χ3v) is 2.76. The van der Waals surface area contributed by atoms with Gasteiger partial charge >= 0.3 is 0 Å². The molecule has 0 N–H and O–H groups in total. The molecule has 2 aromatic carbocycles. The average molecular weight is 293 g/mol. The van der Waals surface area contributed by atoms with Crippen molar-refractivity contribution in [3.8, 4) is 11.1 Å². The number of hydrogen-bond donors (Lipinski definition) is 0. The van der Waals surface area contributed by atoms with Gasteiger partial charge in [0.25, 0.3) is 0 Å². The van der Waals surface area contributed by atoms with E-state index in [-0.39, 0.29) is 10.6 Å². The Balaban J connectivity index is 2.82. The first kappa shape index (κ1) is 13.8. The molecule has 0 aliphatic rings. The van der Waals surface area contributed by atoms with Crippen LogP contribution in [0.1, 0.15) is 5.56 Å². The van der Waals surface area contributed by atoms with Crippen molar-refractivity contribution in [3.63, 3.8) is 0 Å². The van der Waals surface area contributed by atoms with Crippen molar-refractivity contribution < 1.29 is 22.0 Å². The smallest absolute Gasteiger partial charge is 0.200 e. The maximum Gasteiger partial charge on any atom is 0.200 e. The van der Waals surface area contributed by atoms with E-state index < -0.39 is 34.6 Å². The Bertz CT molecular complexity index is 617. The summed E-state index contributed by atoms with van der Waals surface area (Å²) >= 11 is 5.71. The Kier molecular flexibility index (Phi) is 3.49. The van der Waals surface area contributed by atoms with Gasteiger partial charge in [-0.1, -0.05) is 17.7 Å². The summed E-state index contributed by atoms with van der Waals surface area (Å²) in [7, 11) is 0. The van der Waals surface area contributed by atoms with Crippen molar-refractivity contribution in [2.24, 2.45) is 0 Å². The van der Waals surface area contributed by atoms with Crippen LogP contribution >= 0.6 is 11.6 Å². The fourth-order valence-electron chi connectivity index (χ4n) is 1.74. The molecular weight excluding hydrogens is 287 g/mol. The molecule has 0 spiro atoms. The van der Waals surface area contributed by atoms with Gasteiger partial charge in [0.05, 0.1) is 5.56 Å². The topological polar surface area (TPSA) is 0 Å². The van der Waals surface area contributed by atoms with E-state index in [1.165, 1.54) is 12.1 Å². The molecule has 0 heterocycles. The number of halogens is 6. The van der Waals surface area contributed by atoms with Crippen LogP contribution in [0.15, 0.2) is 18.2 Å². The van der Waals surface area contributed by atoms with E-state index in [9.17, 15) is 22.0 Å². The number of hydrogen-bond acceptors (Lipinski definition) is 0. The fourth-order valence-corrected chi connectivity index (χ4v) is 2.03. The minimum atomic E-state index is -2.18. The Labute approximate surface area is 110 Å². The van der Waals surface area contributed by atoms with Crippen molar-refractivity contribution in [2.75, 3.05) is 0 Å². The van der Waals surface area contributed by atoms with Gasteiger partial charge in [-0.05, 0) is 30.2 Å². The molecule has 0 atom stereocenters. The van der Waals surface area contributed by atoms with Gasteiger partial charge in [-0.2, -0.15) is 0 Å². The molecule has 6 heteroatoms. The highest BCUT2D eigenvalue weighted by atomic mass is 35.5. The summed E-state index contributed by atoms with van der Waals surface area (Å²) in [5.74, 6) is -9.90. The van der Waals surface area contributed by atoms with Crippen molar-refractivity contribution >= 4 is 11.6 Å². The predicted molar refractivity (Wildman–Crippen MR) is 61.4 cm³/mol. The van der Waals surface area contributed by atoms with E-state index >= 15 is 0 Å². The highest BCUT2D eigenvalue weighted by Gasteiger charge is 2.26. The molecule has 0 unspecified atom stereocenters. The van der Waals surface area contributed by atoms with Gasteiger partial charge in [-0.25, -0.2) is 22.0 Å². The van der Waals surface area contributed by atoms with Crippen molar-refractivity contribution in [3.05, 3.63) is 57.9 Å². The van der Waals surface area contributed by atoms with Crippen LogP contribution in [0.5, 0.6) is 0 Å². The van der Waals surface area contributed by atoms with Gasteiger partial charge in [-0.15, -0.1) is 0 Å². The second kappa shape index (κ2) is 4.81. The van der Waals surface area contributed by atoms with Crippen molar-refractivity contribution in [1.82, 2.24) is 0 Å². The molecule has 0 aromatic heterocycles. The molecule has 2 rings (SSSR count). The lowest BCUT2D eigenvalue weighted by molar-refractivity contribution is 0.381. The third kappa shape index (κ3) is 2.30. The van der Waals surface area contributed by atoms with Crippen LogP contribution < -0.4 is 0 Å². The molecule has 2 aromatic rings. The molecule has 0 fully saturated rings. The standard InChI is InChI=1S/C13H6ClF5/c1-5-2-6(4-7(14)3-5)8-9(15)11(17)13(19)12(18)10(8)16/h2-4H,1H3. The van der Waals surface area contributed by atoms with E-state index in [1.54, 1.807) is 6.92 Å². The molecule has 0 saturated carbocycles. The maximum absolute atomic E-state index is 13.6. The Morgan fingerprint density at radius 2 is 1.21 bits per heavy atom. The fraction of sp³-hybridized carbons (Fsp3) is 0.0769. The number of rotatable bonds is 1. The molecule has 0 aliphatic carbocycles. The molecule has 100 valence electrons. The van der Waals surface area contributed by atoms with Crippen LogP contribution in [-0.4, -0.2) is 0 Å². The highest BCUT2D eigenvalue weighted by molar-refractivity contribution is 6.30. The highest BCUT2D eigenvalue weighted by Crippen LogP contribution is 2.33. The zero-order valence-electron chi connectivity index (χ0n) is 9.50. The Morgan fingerprint density at radius 3 is 1.68 bits per heavy atom. The first-order valence-electron chi connectivity index (χ1n) is 5.12. The minimum Gasteiger partial charge on any atom is -0.203 e. The summed E-state index contributed by atoms with van der Waals surface area (Å²) in [6.45, 7) is 1.58. The van der Waals surface area contributed by atoms with Gasteiger partial charge in [0.1, 0.15) is 0 Å². The van der Waals surface area contributed by atoms with Crippen LogP contribution in [0.25, 0.3) is 11.1 Å². The molecule has 0 aliphatic heterocycles. The second-order valence-electron chi connectivity index (χ2n) is 3.96. The zero-order valence-corrected chi connectivity index (χ0v) is 10.3. The quantitative estimate of drug-likeness (QED) is 0.394. The van der Waals surface area contributed by atoms with Gasteiger partial charge in [0, 0.05) is 5.02 Å². The van der Waals surface area contributed by atoms with Crippen molar-refractivity contribution in [1.29, 1.82) is 0 Å². The normalized spacial score (nSPS) is 10.9. The van der Waals surface area contributed by atoms with Gasteiger partial charge < -0.3 is 0 Å². The average Bonchev–Trinajstić information content (AvgIpc) is 2.33. The Morgan fingerprint density at radius 1 is 0.737 bits per heavy atom. The van der Waals surface area contributed by atoms with Gasteiger partial charge in [0.2, 0.25) is 5.82 Å². The second-order valence-corrected chi connectivity index (χ2v) is 4.40. The summed E-state index contributed by atoms with van der Waals surface area (Å²) in [6, 6.07) is 3.91. The summed E-state index contributed by atoms with van der Waals surface area (Å²) in [5, 5.41) is 0.138. The Hall–Kier alpha value is -1.62. The first-order chi connectivity index (χ1) is 8.82. The molecule has 19 heavy (non-hydrogen) atoms. The van der Waals surface area contributed by atoms with E-state index in [1.807, 2.05) is 0 Å². The van der Waals surface area contributed by atoms with Crippen LogP contribution in [0.2, 0.25) is 5.02 Å². The lowest BCUT2D eigenvalue weighted by atomic mass is 10.0. The lowest BCUT2D eigenvalue weighted by Gasteiger charge is -2.09. The van der Waals surface area contributed by atoms with Gasteiger partial charge in [-0.3, -0.25) is 0 Å². The first-order valence-corrected chi connectivity index (χ1v) is 5.49. The monoisotopic (exact) mass is 292 g/mol. The molecule has 0 amide bonds. The minimum absolute atomic E-state index is 0.138. The summed E-state index contributed by atoms with van der Waals surface area (Å²) < 4.78 is 66.3. The molecule has 0 radical (unpaired) electrons. The van der Waals surface area contributed by atoms with E-state index in [0.29, 0.717) is 5.56 Å². The van der Waals surface area contributed by atoms with Crippen LogP contribution in [-0.2, 0) is 0 Å². The summed E-state index contributed by atoms with van der Waals surface area (Å²) in [6.07, 6.45) is 0. The zero-order chi connectivity index (χ0) is 14.3.